The highest BCUT2D eigenvalue weighted by Crippen LogP contribution is 2.40. The normalized spacial score (nSPS) is 22.5. The second-order valence-electron chi connectivity index (χ2n) is 6.64. The van der Waals surface area contributed by atoms with Crippen molar-refractivity contribution in [3.63, 3.8) is 0 Å². The molecule has 0 spiro atoms. The number of nitrogens with zero attached hydrogens (tertiary/aromatic N) is 3. The number of carbonyl (C=O) groups excluding carboxylic acids is 1. The van der Waals surface area contributed by atoms with Gasteiger partial charge in [0, 0.05) is 23.3 Å². The molecule has 0 bridgehead atoms. The van der Waals surface area contributed by atoms with E-state index in [0.717, 1.165) is 44.5 Å². The lowest BCUT2D eigenvalue weighted by molar-refractivity contribution is -0.136. The van der Waals surface area contributed by atoms with Crippen LogP contribution in [-0.2, 0) is 11.2 Å². The molecule has 1 saturated carbocycles. The summed E-state index contributed by atoms with van der Waals surface area (Å²) in [6, 6.07) is 4.12. The van der Waals surface area contributed by atoms with E-state index in [4.69, 9.17) is 4.52 Å². The molecule has 1 aliphatic carbocycles. The van der Waals surface area contributed by atoms with Crippen molar-refractivity contribution in [1.82, 2.24) is 15.0 Å². The van der Waals surface area contributed by atoms with Crippen LogP contribution in [0.25, 0.3) is 0 Å². The van der Waals surface area contributed by atoms with Gasteiger partial charge in [0.05, 0.1) is 6.04 Å². The Morgan fingerprint density at radius 1 is 1.48 bits per heavy atom. The predicted octanol–water partition coefficient (Wildman–Crippen LogP) is 3.55. The Bertz CT molecular complexity index is 678. The van der Waals surface area contributed by atoms with Crippen LogP contribution in [0.1, 0.15) is 61.2 Å². The van der Waals surface area contributed by atoms with Crippen LogP contribution in [0.5, 0.6) is 0 Å². The molecule has 4 rings (SSSR count). The van der Waals surface area contributed by atoms with Gasteiger partial charge in [-0.1, -0.05) is 18.1 Å². The first-order chi connectivity index (χ1) is 11.2. The fourth-order valence-electron chi connectivity index (χ4n) is 3.28. The number of rotatable bonds is 5. The second-order valence-corrected chi connectivity index (χ2v) is 7.67. The molecule has 23 heavy (non-hydrogen) atoms. The van der Waals surface area contributed by atoms with Crippen LogP contribution in [0.3, 0.4) is 0 Å². The van der Waals surface area contributed by atoms with Crippen LogP contribution >= 0.6 is 11.3 Å². The summed E-state index contributed by atoms with van der Waals surface area (Å²) < 4.78 is 5.38. The average molecular weight is 331 g/mol. The minimum absolute atomic E-state index is 0.00969. The van der Waals surface area contributed by atoms with Gasteiger partial charge in [-0.15, -0.1) is 11.3 Å². The Labute approximate surface area is 139 Å². The van der Waals surface area contributed by atoms with Crippen LogP contribution in [-0.4, -0.2) is 27.5 Å². The Morgan fingerprint density at radius 2 is 2.35 bits per heavy atom. The van der Waals surface area contributed by atoms with E-state index in [2.05, 4.69) is 21.6 Å². The molecule has 3 heterocycles. The number of hydrogen-bond acceptors (Lipinski definition) is 5. The maximum Gasteiger partial charge on any atom is 0.229 e. The minimum atomic E-state index is -0.0101. The molecule has 0 radical (unpaired) electrons. The van der Waals surface area contributed by atoms with E-state index in [0.29, 0.717) is 11.7 Å². The Morgan fingerprint density at radius 3 is 3.09 bits per heavy atom. The molecule has 0 N–H and O–H groups in total. The number of amides is 1. The monoisotopic (exact) mass is 331 g/mol. The van der Waals surface area contributed by atoms with Crippen LogP contribution in [0, 0.1) is 5.92 Å². The fourth-order valence-corrected chi connectivity index (χ4v) is 4.11. The third-order valence-electron chi connectivity index (χ3n) is 4.73. The summed E-state index contributed by atoms with van der Waals surface area (Å²) in [6.07, 6.45) is 5.04. The molecule has 1 saturated heterocycles. The summed E-state index contributed by atoms with van der Waals surface area (Å²) in [6.45, 7) is 2.81. The molecule has 1 aliphatic heterocycles. The third kappa shape index (κ3) is 3.04. The third-order valence-corrected chi connectivity index (χ3v) is 5.63. The van der Waals surface area contributed by atoms with Gasteiger partial charge in [-0.25, -0.2) is 0 Å². The van der Waals surface area contributed by atoms with Gasteiger partial charge < -0.3 is 9.42 Å². The van der Waals surface area contributed by atoms with Gasteiger partial charge in [0.2, 0.25) is 11.8 Å². The minimum Gasteiger partial charge on any atom is -0.339 e. The van der Waals surface area contributed by atoms with Crippen molar-refractivity contribution in [2.24, 2.45) is 5.92 Å². The van der Waals surface area contributed by atoms with Gasteiger partial charge in [0.1, 0.15) is 0 Å². The quantitative estimate of drug-likeness (QED) is 0.840. The zero-order chi connectivity index (χ0) is 15.8. The Hall–Kier alpha value is -1.69. The molecular weight excluding hydrogens is 310 g/mol. The van der Waals surface area contributed by atoms with Crippen molar-refractivity contribution >= 4 is 17.2 Å². The van der Waals surface area contributed by atoms with Crippen molar-refractivity contribution in [2.75, 3.05) is 6.54 Å². The molecule has 2 fully saturated rings. The SMILES string of the molecule is C[C@H](Cc1cccs1)C(=O)N1CCC[C@H]1c1noc(C2CC2)n1. The molecule has 122 valence electrons. The van der Waals surface area contributed by atoms with Crippen LogP contribution < -0.4 is 0 Å². The molecule has 2 atom stereocenters. The largest absolute Gasteiger partial charge is 0.339 e. The van der Waals surface area contributed by atoms with Crippen molar-refractivity contribution in [3.8, 4) is 0 Å². The zero-order valence-corrected chi connectivity index (χ0v) is 14.1. The molecule has 0 aromatic carbocycles. The van der Waals surface area contributed by atoms with E-state index in [1.54, 1.807) is 11.3 Å². The van der Waals surface area contributed by atoms with Crippen molar-refractivity contribution in [3.05, 3.63) is 34.1 Å². The molecule has 2 aromatic rings. The lowest BCUT2D eigenvalue weighted by Crippen LogP contribution is -2.35. The predicted molar refractivity (Wildman–Crippen MR) is 87.1 cm³/mol. The highest BCUT2D eigenvalue weighted by Gasteiger charge is 2.37. The average Bonchev–Trinajstić information content (AvgIpc) is 3.01. The van der Waals surface area contributed by atoms with Crippen molar-refractivity contribution in [2.45, 2.75) is 51.0 Å². The van der Waals surface area contributed by atoms with Gasteiger partial charge in [0.15, 0.2) is 5.82 Å². The van der Waals surface area contributed by atoms with Gasteiger partial charge in [-0.2, -0.15) is 4.98 Å². The molecule has 2 aliphatic rings. The first kappa shape index (κ1) is 14.9. The van der Waals surface area contributed by atoms with Gasteiger partial charge >= 0.3 is 0 Å². The maximum atomic E-state index is 12.9. The van der Waals surface area contributed by atoms with Crippen LogP contribution in [0.4, 0.5) is 0 Å². The zero-order valence-electron chi connectivity index (χ0n) is 13.3. The van der Waals surface area contributed by atoms with E-state index in [1.165, 1.54) is 4.88 Å². The summed E-state index contributed by atoms with van der Waals surface area (Å²) in [5, 5.41) is 6.21. The Kier molecular flexibility index (Phi) is 3.93. The second kappa shape index (κ2) is 6.07. The molecule has 6 heteroatoms. The Balaban J connectivity index is 1.46. The summed E-state index contributed by atoms with van der Waals surface area (Å²) in [4.78, 5) is 20.6. The van der Waals surface area contributed by atoms with E-state index >= 15 is 0 Å². The standard InChI is InChI=1S/C17H21N3O2S/c1-11(10-13-4-3-9-23-13)17(21)20-8-2-5-14(20)15-18-16(22-19-15)12-6-7-12/h3-4,9,11-12,14H,2,5-8,10H2,1H3/t11-,14+/m1/s1. The van der Waals surface area contributed by atoms with E-state index in [1.807, 2.05) is 17.9 Å². The van der Waals surface area contributed by atoms with E-state index in [-0.39, 0.29) is 17.9 Å². The fraction of sp³-hybridized carbons (Fsp3) is 0.588. The molecule has 5 nitrogen and oxygen atoms in total. The topological polar surface area (TPSA) is 59.2 Å². The first-order valence-electron chi connectivity index (χ1n) is 8.38. The number of likely N-dealkylation sites (tertiary alicyclic amines) is 1. The number of aromatic nitrogens is 2. The molecule has 0 unspecified atom stereocenters. The summed E-state index contributed by atoms with van der Waals surface area (Å²) in [7, 11) is 0. The first-order valence-corrected chi connectivity index (χ1v) is 9.26. The van der Waals surface area contributed by atoms with E-state index in [9.17, 15) is 4.79 Å². The summed E-state index contributed by atoms with van der Waals surface area (Å²) in [5.41, 5.74) is 0. The number of carbonyl (C=O) groups is 1. The van der Waals surface area contributed by atoms with Gasteiger partial charge in [-0.3, -0.25) is 4.79 Å². The lowest BCUT2D eigenvalue weighted by Gasteiger charge is -2.25. The van der Waals surface area contributed by atoms with Gasteiger partial charge in [-0.05, 0) is 43.6 Å². The van der Waals surface area contributed by atoms with E-state index < -0.39 is 0 Å². The van der Waals surface area contributed by atoms with Crippen LogP contribution in [0.2, 0.25) is 0 Å². The highest BCUT2D eigenvalue weighted by atomic mass is 32.1. The van der Waals surface area contributed by atoms with Gasteiger partial charge in [0.25, 0.3) is 0 Å². The lowest BCUT2D eigenvalue weighted by atomic mass is 10.0. The highest BCUT2D eigenvalue weighted by molar-refractivity contribution is 7.09. The van der Waals surface area contributed by atoms with Crippen molar-refractivity contribution in [1.29, 1.82) is 0 Å². The molecular formula is C17H21N3O2S. The summed E-state index contributed by atoms with van der Waals surface area (Å²) >= 11 is 1.71. The smallest absolute Gasteiger partial charge is 0.229 e. The molecule has 1 amide bonds. The maximum absolute atomic E-state index is 12.9. The molecule has 2 aromatic heterocycles. The summed E-state index contributed by atoms with van der Waals surface area (Å²) in [5.74, 6) is 2.11. The van der Waals surface area contributed by atoms with Crippen molar-refractivity contribution < 1.29 is 9.32 Å². The number of thiophene rings is 1. The number of hydrogen-bond donors (Lipinski definition) is 0. The van der Waals surface area contributed by atoms with Crippen LogP contribution in [0.15, 0.2) is 22.0 Å².